The van der Waals surface area contributed by atoms with Crippen LogP contribution in [0.25, 0.3) is 0 Å². The fraction of sp³-hybridized carbons (Fsp3) is 0.667. The molecule has 1 rings (SSSR count). The summed E-state index contributed by atoms with van der Waals surface area (Å²) in [5, 5.41) is 3.42. The van der Waals surface area contributed by atoms with E-state index in [1.54, 1.807) is 0 Å². The Morgan fingerprint density at radius 2 is 1.70 bits per heavy atom. The van der Waals surface area contributed by atoms with Crippen LogP contribution in [0.3, 0.4) is 0 Å². The van der Waals surface area contributed by atoms with E-state index < -0.39 is 0 Å². The van der Waals surface area contributed by atoms with Crippen LogP contribution in [0, 0.1) is 0 Å². The number of benzene rings is 1. The zero-order valence-corrected chi connectivity index (χ0v) is 13.9. The van der Waals surface area contributed by atoms with Gasteiger partial charge in [-0.25, -0.2) is 0 Å². The number of likely N-dealkylation sites (N-methyl/N-ethyl adjacent to an activating group) is 1. The molecule has 20 heavy (non-hydrogen) atoms. The van der Waals surface area contributed by atoms with Gasteiger partial charge >= 0.3 is 0 Å². The van der Waals surface area contributed by atoms with Crippen molar-refractivity contribution in [3.8, 4) is 0 Å². The molecule has 2 heteroatoms. The molecule has 0 aliphatic heterocycles. The van der Waals surface area contributed by atoms with Crippen molar-refractivity contribution in [2.45, 2.75) is 59.5 Å². The summed E-state index contributed by atoms with van der Waals surface area (Å²) in [5.74, 6) is 0.584. The lowest BCUT2D eigenvalue weighted by Crippen LogP contribution is -2.31. The van der Waals surface area contributed by atoms with Crippen molar-refractivity contribution < 1.29 is 0 Å². The normalized spacial score (nSPS) is 13.2. The fourth-order valence-electron chi connectivity index (χ4n) is 2.47. The van der Waals surface area contributed by atoms with Crippen molar-refractivity contribution in [3.05, 3.63) is 35.4 Å². The maximum atomic E-state index is 3.42. The van der Waals surface area contributed by atoms with E-state index >= 15 is 0 Å². The van der Waals surface area contributed by atoms with E-state index in [9.17, 15) is 0 Å². The summed E-state index contributed by atoms with van der Waals surface area (Å²) in [6, 6.07) is 9.79. The number of rotatable bonds is 9. The van der Waals surface area contributed by atoms with Gasteiger partial charge in [0.05, 0.1) is 0 Å². The van der Waals surface area contributed by atoms with E-state index in [0.29, 0.717) is 12.0 Å². The first kappa shape index (κ1) is 17.2. The van der Waals surface area contributed by atoms with Crippen LogP contribution in [-0.4, -0.2) is 30.6 Å². The summed E-state index contributed by atoms with van der Waals surface area (Å²) >= 11 is 0. The summed E-state index contributed by atoms with van der Waals surface area (Å²) in [6.07, 6.45) is 1.22. The van der Waals surface area contributed by atoms with Gasteiger partial charge in [0, 0.05) is 19.1 Å². The number of nitrogens with zero attached hydrogens (tertiary/aromatic N) is 1. The number of hydrogen-bond donors (Lipinski definition) is 1. The first-order valence-electron chi connectivity index (χ1n) is 8.12. The molecule has 0 heterocycles. The van der Waals surface area contributed by atoms with E-state index in [1.165, 1.54) is 24.1 Å². The summed E-state index contributed by atoms with van der Waals surface area (Å²) in [6.45, 7) is 15.6. The Bertz CT molecular complexity index is 356. The average Bonchev–Trinajstić information content (AvgIpc) is 2.45. The molecule has 0 aliphatic carbocycles. The quantitative estimate of drug-likeness (QED) is 0.733. The summed E-state index contributed by atoms with van der Waals surface area (Å²) in [7, 11) is 0. The lowest BCUT2D eigenvalue weighted by Gasteiger charge is -2.26. The third kappa shape index (κ3) is 5.64. The monoisotopic (exact) mass is 276 g/mol. The summed E-state index contributed by atoms with van der Waals surface area (Å²) in [4.78, 5) is 2.54. The van der Waals surface area contributed by atoms with Gasteiger partial charge in [-0.2, -0.15) is 0 Å². The molecular formula is C18H32N2. The third-order valence-electron chi connectivity index (χ3n) is 3.88. The second-order valence-electron chi connectivity index (χ2n) is 6.01. The smallest absolute Gasteiger partial charge is 0.0236 e. The topological polar surface area (TPSA) is 15.3 Å². The van der Waals surface area contributed by atoms with Crippen LogP contribution >= 0.6 is 0 Å². The molecule has 0 saturated heterocycles. The molecule has 0 radical (unpaired) electrons. The van der Waals surface area contributed by atoms with E-state index in [0.717, 1.165) is 19.6 Å². The molecule has 0 aromatic heterocycles. The Morgan fingerprint density at radius 1 is 1.05 bits per heavy atom. The molecule has 0 saturated carbocycles. The van der Waals surface area contributed by atoms with E-state index in [-0.39, 0.29) is 0 Å². The summed E-state index contributed by atoms with van der Waals surface area (Å²) < 4.78 is 0. The van der Waals surface area contributed by atoms with Gasteiger partial charge < -0.3 is 5.32 Å². The van der Waals surface area contributed by atoms with Gasteiger partial charge in [-0.3, -0.25) is 4.90 Å². The minimum Gasteiger partial charge on any atom is -0.316 e. The van der Waals surface area contributed by atoms with Crippen molar-refractivity contribution in [2.75, 3.05) is 19.6 Å². The minimum atomic E-state index is 0.584. The number of hydrogen-bond acceptors (Lipinski definition) is 2. The van der Waals surface area contributed by atoms with Crippen molar-refractivity contribution in [1.82, 2.24) is 10.2 Å². The third-order valence-corrected chi connectivity index (χ3v) is 3.88. The predicted molar refractivity (Wildman–Crippen MR) is 89.2 cm³/mol. The van der Waals surface area contributed by atoms with Gasteiger partial charge in [0.15, 0.2) is 0 Å². The maximum absolute atomic E-state index is 3.42. The van der Waals surface area contributed by atoms with Crippen molar-refractivity contribution in [2.24, 2.45) is 0 Å². The van der Waals surface area contributed by atoms with Crippen LogP contribution in [0.5, 0.6) is 0 Å². The summed E-state index contributed by atoms with van der Waals surface area (Å²) in [5.41, 5.74) is 2.85. The van der Waals surface area contributed by atoms with Crippen LogP contribution in [-0.2, 0) is 6.54 Å². The molecule has 1 aromatic carbocycles. The second-order valence-corrected chi connectivity index (χ2v) is 6.01. The van der Waals surface area contributed by atoms with E-state index in [4.69, 9.17) is 0 Å². The lowest BCUT2D eigenvalue weighted by atomic mass is 9.99. The standard InChI is InChI=1S/C18H32N2/c1-6-12-20(15(3)4)14-17-8-10-18(11-9-17)16(5)13-19-7-2/h8-11,15-16,19H,6-7,12-14H2,1-5H3. The SMILES string of the molecule is CCCN(Cc1ccc(C(C)CNCC)cc1)C(C)C. The van der Waals surface area contributed by atoms with Crippen molar-refractivity contribution in [1.29, 1.82) is 0 Å². The zero-order valence-electron chi connectivity index (χ0n) is 13.9. The highest BCUT2D eigenvalue weighted by molar-refractivity contribution is 5.25. The van der Waals surface area contributed by atoms with Crippen molar-refractivity contribution in [3.63, 3.8) is 0 Å². The maximum Gasteiger partial charge on any atom is 0.0236 e. The molecule has 0 fully saturated rings. The molecule has 1 unspecified atom stereocenters. The van der Waals surface area contributed by atoms with Gasteiger partial charge in [0.2, 0.25) is 0 Å². The molecule has 1 aromatic rings. The highest BCUT2D eigenvalue weighted by atomic mass is 15.1. The fourth-order valence-corrected chi connectivity index (χ4v) is 2.47. The Kier molecular flexibility index (Phi) is 7.86. The lowest BCUT2D eigenvalue weighted by molar-refractivity contribution is 0.213. The van der Waals surface area contributed by atoms with Crippen LogP contribution in [0.1, 0.15) is 58.1 Å². The largest absolute Gasteiger partial charge is 0.316 e. The molecular weight excluding hydrogens is 244 g/mol. The van der Waals surface area contributed by atoms with Crippen LogP contribution < -0.4 is 5.32 Å². The van der Waals surface area contributed by atoms with Gasteiger partial charge in [-0.1, -0.05) is 45.0 Å². The molecule has 0 aliphatic rings. The molecule has 114 valence electrons. The Hall–Kier alpha value is -0.860. The van der Waals surface area contributed by atoms with Gasteiger partial charge in [0.25, 0.3) is 0 Å². The highest BCUT2D eigenvalue weighted by Gasteiger charge is 2.10. The van der Waals surface area contributed by atoms with Crippen molar-refractivity contribution >= 4 is 0 Å². The average molecular weight is 276 g/mol. The van der Waals surface area contributed by atoms with Crippen LogP contribution in [0.2, 0.25) is 0 Å². The Morgan fingerprint density at radius 3 is 2.20 bits per heavy atom. The van der Waals surface area contributed by atoms with Gasteiger partial charge in [-0.05, 0) is 50.4 Å². The van der Waals surface area contributed by atoms with E-state index in [2.05, 4.69) is 69.1 Å². The Labute approximate surface area is 125 Å². The zero-order chi connectivity index (χ0) is 15.0. The minimum absolute atomic E-state index is 0.584. The van der Waals surface area contributed by atoms with Crippen LogP contribution in [0.4, 0.5) is 0 Å². The predicted octanol–water partition coefficient (Wildman–Crippen LogP) is 4.02. The number of nitrogens with one attached hydrogen (secondary N) is 1. The molecule has 1 atom stereocenters. The highest BCUT2D eigenvalue weighted by Crippen LogP contribution is 2.16. The first-order chi connectivity index (χ1) is 9.58. The first-order valence-corrected chi connectivity index (χ1v) is 8.12. The molecule has 2 nitrogen and oxygen atoms in total. The molecule has 1 N–H and O–H groups in total. The second kappa shape index (κ2) is 9.15. The van der Waals surface area contributed by atoms with E-state index in [1.807, 2.05) is 0 Å². The van der Waals surface area contributed by atoms with Crippen LogP contribution in [0.15, 0.2) is 24.3 Å². The Balaban J connectivity index is 2.61. The molecule has 0 bridgehead atoms. The van der Waals surface area contributed by atoms with Gasteiger partial charge in [0.1, 0.15) is 0 Å². The molecule has 0 amide bonds. The van der Waals surface area contributed by atoms with Gasteiger partial charge in [-0.15, -0.1) is 0 Å². The molecule has 0 spiro atoms.